The Balaban J connectivity index is 1.37. The highest BCUT2D eigenvalue weighted by atomic mass is 32.1. The van der Waals surface area contributed by atoms with E-state index in [1.807, 2.05) is 20.0 Å². The standard InChI is InChI=1S/C18H18FN5OS/c1-11-15(12(2)25-23-11)4-3-9-20-17-22-24-10-16(21-18(24)26-17)13-5-7-14(19)8-6-13/h5-8,10H,3-4,9H2,1-2H3,(H,20,22). The maximum Gasteiger partial charge on any atom is 0.214 e. The molecule has 26 heavy (non-hydrogen) atoms. The van der Waals surface area contributed by atoms with Gasteiger partial charge in [0, 0.05) is 17.7 Å². The second-order valence-corrected chi connectivity index (χ2v) is 7.06. The van der Waals surface area contributed by atoms with E-state index in [2.05, 4.69) is 20.6 Å². The number of aryl methyl sites for hydroxylation is 2. The van der Waals surface area contributed by atoms with Crippen molar-refractivity contribution < 1.29 is 8.91 Å². The van der Waals surface area contributed by atoms with Crippen molar-refractivity contribution in [3.05, 3.63) is 53.3 Å². The predicted molar refractivity (Wildman–Crippen MR) is 99.0 cm³/mol. The third-order valence-corrected chi connectivity index (χ3v) is 5.12. The number of nitrogens with one attached hydrogen (secondary N) is 1. The fourth-order valence-electron chi connectivity index (χ4n) is 2.85. The molecule has 0 atom stereocenters. The molecule has 0 saturated heterocycles. The van der Waals surface area contributed by atoms with E-state index in [0.717, 1.165) is 52.2 Å². The van der Waals surface area contributed by atoms with Crippen LogP contribution in [-0.2, 0) is 6.42 Å². The fourth-order valence-corrected chi connectivity index (χ4v) is 3.66. The smallest absolute Gasteiger partial charge is 0.214 e. The van der Waals surface area contributed by atoms with E-state index in [1.165, 1.54) is 29.0 Å². The van der Waals surface area contributed by atoms with Crippen molar-refractivity contribution in [3.8, 4) is 11.3 Å². The molecular formula is C18H18FN5OS. The fraction of sp³-hybridized carbons (Fsp3) is 0.278. The molecule has 0 amide bonds. The first-order valence-electron chi connectivity index (χ1n) is 8.38. The summed E-state index contributed by atoms with van der Waals surface area (Å²) in [6.45, 7) is 4.72. The van der Waals surface area contributed by atoms with Gasteiger partial charge in [-0.2, -0.15) is 0 Å². The largest absolute Gasteiger partial charge is 0.361 e. The maximum absolute atomic E-state index is 13.0. The van der Waals surface area contributed by atoms with Gasteiger partial charge in [0.1, 0.15) is 11.6 Å². The Morgan fingerprint density at radius 1 is 1.23 bits per heavy atom. The van der Waals surface area contributed by atoms with Gasteiger partial charge in [0.2, 0.25) is 10.1 Å². The molecule has 0 aliphatic heterocycles. The first kappa shape index (κ1) is 16.7. The lowest BCUT2D eigenvalue weighted by Gasteiger charge is -2.02. The molecule has 0 spiro atoms. The number of anilines is 1. The third kappa shape index (κ3) is 3.32. The van der Waals surface area contributed by atoms with Crippen LogP contribution in [0.25, 0.3) is 16.2 Å². The molecule has 8 heteroatoms. The third-order valence-electron chi connectivity index (χ3n) is 4.24. The summed E-state index contributed by atoms with van der Waals surface area (Å²) in [6.07, 6.45) is 3.74. The van der Waals surface area contributed by atoms with Crippen LogP contribution in [-0.4, -0.2) is 26.3 Å². The summed E-state index contributed by atoms with van der Waals surface area (Å²) >= 11 is 1.49. The maximum atomic E-state index is 13.0. The Kier molecular flexibility index (Phi) is 4.42. The SMILES string of the molecule is Cc1noc(C)c1CCCNc1nn2cc(-c3ccc(F)cc3)nc2s1. The zero-order chi connectivity index (χ0) is 18.1. The molecule has 1 aromatic carbocycles. The van der Waals surface area contributed by atoms with Crippen LogP contribution in [0.3, 0.4) is 0 Å². The molecule has 0 aliphatic carbocycles. The van der Waals surface area contributed by atoms with E-state index in [1.54, 1.807) is 16.6 Å². The predicted octanol–water partition coefficient (Wildman–Crippen LogP) is 4.25. The summed E-state index contributed by atoms with van der Waals surface area (Å²) in [4.78, 5) is 5.36. The molecule has 4 rings (SSSR count). The molecule has 0 unspecified atom stereocenters. The van der Waals surface area contributed by atoms with Crippen LogP contribution >= 0.6 is 11.3 Å². The average Bonchev–Trinajstić information content (AvgIpc) is 3.27. The molecule has 3 heterocycles. The molecule has 4 aromatic rings. The van der Waals surface area contributed by atoms with Crippen LogP contribution in [0.2, 0.25) is 0 Å². The van der Waals surface area contributed by atoms with Crippen LogP contribution in [0.15, 0.2) is 35.0 Å². The normalized spacial score (nSPS) is 11.3. The number of hydrogen-bond acceptors (Lipinski definition) is 6. The first-order chi connectivity index (χ1) is 12.6. The van der Waals surface area contributed by atoms with E-state index in [-0.39, 0.29) is 5.82 Å². The van der Waals surface area contributed by atoms with E-state index in [4.69, 9.17) is 4.52 Å². The van der Waals surface area contributed by atoms with Crippen molar-refractivity contribution in [2.75, 3.05) is 11.9 Å². The van der Waals surface area contributed by atoms with Crippen molar-refractivity contribution in [3.63, 3.8) is 0 Å². The van der Waals surface area contributed by atoms with E-state index >= 15 is 0 Å². The monoisotopic (exact) mass is 371 g/mol. The molecule has 1 N–H and O–H groups in total. The summed E-state index contributed by atoms with van der Waals surface area (Å²) in [7, 11) is 0. The van der Waals surface area contributed by atoms with Gasteiger partial charge in [-0.15, -0.1) is 5.10 Å². The Morgan fingerprint density at radius 3 is 2.73 bits per heavy atom. The first-order valence-corrected chi connectivity index (χ1v) is 9.19. The van der Waals surface area contributed by atoms with Gasteiger partial charge in [0.25, 0.3) is 0 Å². The topological polar surface area (TPSA) is 68.2 Å². The number of fused-ring (bicyclic) bond motifs is 1. The molecule has 0 bridgehead atoms. The van der Waals surface area contributed by atoms with Gasteiger partial charge in [-0.3, -0.25) is 0 Å². The second kappa shape index (κ2) is 6.87. The molecule has 134 valence electrons. The number of imidazole rings is 1. The molecule has 0 fully saturated rings. The Morgan fingerprint density at radius 2 is 2.04 bits per heavy atom. The number of aromatic nitrogens is 4. The highest BCUT2D eigenvalue weighted by Gasteiger charge is 2.11. The number of halogens is 1. The average molecular weight is 371 g/mol. The highest BCUT2D eigenvalue weighted by molar-refractivity contribution is 7.20. The summed E-state index contributed by atoms with van der Waals surface area (Å²) in [5, 5.41) is 12.6. The quantitative estimate of drug-likeness (QED) is 0.513. The van der Waals surface area contributed by atoms with Crippen LogP contribution in [0, 0.1) is 19.7 Å². The number of nitrogens with zero attached hydrogens (tertiary/aromatic N) is 4. The van der Waals surface area contributed by atoms with Gasteiger partial charge < -0.3 is 9.84 Å². The zero-order valence-corrected chi connectivity index (χ0v) is 15.3. The van der Waals surface area contributed by atoms with Gasteiger partial charge in [0.05, 0.1) is 17.6 Å². The molecular weight excluding hydrogens is 353 g/mol. The van der Waals surface area contributed by atoms with Gasteiger partial charge in [-0.05, 0) is 51.0 Å². The minimum absolute atomic E-state index is 0.254. The lowest BCUT2D eigenvalue weighted by molar-refractivity contribution is 0.392. The molecule has 0 radical (unpaired) electrons. The molecule has 0 saturated carbocycles. The summed E-state index contributed by atoms with van der Waals surface area (Å²) in [6, 6.07) is 6.30. The van der Waals surface area contributed by atoms with Gasteiger partial charge in [0.15, 0.2) is 0 Å². The number of benzene rings is 1. The van der Waals surface area contributed by atoms with Crippen molar-refractivity contribution in [2.24, 2.45) is 0 Å². The Bertz CT molecular complexity index is 983. The molecule has 0 aliphatic rings. The van der Waals surface area contributed by atoms with Crippen LogP contribution in [0.4, 0.5) is 9.52 Å². The highest BCUT2D eigenvalue weighted by Crippen LogP contribution is 2.24. The summed E-state index contributed by atoms with van der Waals surface area (Å²) in [5.41, 5.74) is 3.81. The van der Waals surface area contributed by atoms with Crippen molar-refractivity contribution in [1.29, 1.82) is 0 Å². The summed E-state index contributed by atoms with van der Waals surface area (Å²) < 4.78 is 20.0. The summed E-state index contributed by atoms with van der Waals surface area (Å²) in [5.74, 6) is 0.638. The second-order valence-electron chi connectivity index (χ2n) is 6.10. The molecule has 6 nitrogen and oxygen atoms in total. The van der Waals surface area contributed by atoms with Gasteiger partial charge in [-0.1, -0.05) is 16.5 Å². The zero-order valence-electron chi connectivity index (χ0n) is 14.5. The van der Waals surface area contributed by atoms with E-state index < -0.39 is 0 Å². The van der Waals surface area contributed by atoms with E-state index in [9.17, 15) is 4.39 Å². The number of rotatable bonds is 6. The van der Waals surface area contributed by atoms with Gasteiger partial charge >= 0.3 is 0 Å². The minimum Gasteiger partial charge on any atom is -0.361 e. The minimum atomic E-state index is -0.254. The lowest BCUT2D eigenvalue weighted by atomic mass is 10.1. The Hall–Kier alpha value is -2.74. The van der Waals surface area contributed by atoms with Crippen molar-refractivity contribution in [1.82, 2.24) is 19.8 Å². The van der Waals surface area contributed by atoms with Crippen LogP contribution in [0.5, 0.6) is 0 Å². The number of hydrogen-bond donors (Lipinski definition) is 1. The lowest BCUT2D eigenvalue weighted by Crippen LogP contribution is -2.03. The van der Waals surface area contributed by atoms with Crippen molar-refractivity contribution >= 4 is 21.4 Å². The van der Waals surface area contributed by atoms with Crippen LogP contribution in [0.1, 0.15) is 23.4 Å². The Labute approximate surface area is 153 Å². The van der Waals surface area contributed by atoms with Crippen molar-refractivity contribution in [2.45, 2.75) is 26.7 Å². The van der Waals surface area contributed by atoms with Crippen LogP contribution < -0.4 is 5.32 Å². The van der Waals surface area contributed by atoms with Gasteiger partial charge in [-0.25, -0.2) is 13.9 Å². The van der Waals surface area contributed by atoms with E-state index in [0.29, 0.717) is 0 Å². The molecule has 3 aromatic heterocycles.